The molecular weight excluding hydrogens is 414 g/mol. The Morgan fingerprint density at radius 1 is 1.26 bits per heavy atom. The highest BCUT2D eigenvalue weighted by Gasteiger charge is 2.35. The quantitative estimate of drug-likeness (QED) is 0.569. The zero-order chi connectivity index (χ0) is 21.8. The molecule has 31 heavy (non-hydrogen) atoms. The molecule has 0 bridgehead atoms. The Balaban J connectivity index is 1.66. The second-order valence-corrected chi connectivity index (χ2v) is 7.93. The molecule has 0 aliphatic carbocycles. The van der Waals surface area contributed by atoms with Crippen LogP contribution in [0, 0.1) is 0 Å². The van der Waals surface area contributed by atoms with E-state index in [0.717, 1.165) is 11.1 Å². The molecule has 2 heterocycles. The van der Waals surface area contributed by atoms with E-state index in [-0.39, 0.29) is 18.2 Å². The number of methoxy groups -OCH3 is 1. The smallest absolute Gasteiger partial charge is 0.255 e. The van der Waals surface area contributed by atoms with Crippen molar-refractivity contribution in [3.05, 3.63) is 70.7 Å². The Morgan fingerprint density at radius 2 is 2.10 bits per heavy atom. The largest absolute Gasteiger partial charge is 0.493 e. The summed E-state index contributed by atoms with van der Waals surface area (Å²) in [5, 5.41) is 5.14. The fourth-order valence-corrected chi connectivity index (χ4v) is 4.28. The van der Waals surface area contributed by atoms with Crippen molar-refractivity contribution in [3.8, 4) is 11.5 Å². The number of benzene rings is 2. The first-order valence-corrected chi connectivity index (χ1v) is 10.9. The number of aromatic nitrogens is 1. The molecule has 2 aromatic carbocycles. The first-order chi connectivity index (χ1) is 15.1. The van der Waals surface area contributed by atoms with Crippen LogP contribution >= 0.6 is 11.3 Å². The molecule has 1 N–H and O–H groups in total. The van der Waals surface area contributed by atoms with Crippen LogP contribution in [-0.2, 0) is 11.3 Å². The maximum atomic E-state index is 13.2. The van der Waals surface area contributed by atoms with Gasteiger partial charge in [-0.2, -0.15) is 0 Å². The van der Waals surface area contributed by atoms with Gasteiger partial charge in [-0.15, -0.1) is 11.3 Å². The monoisotopic (exact) mass is 437 g/mol. The summed E-state index contributed by atoms with van der Waals surface area (Å²) in [6.07, 6.45) is 1.73. The van der Waals surface area contributed by atoms with E-state index in [1.807, 2.05) is 49.4 Å². The number of nitrogens with zero attached hydrogens (tertiary/aromatic N) is 2. The van der Waals surface area contributed by atoms with E-state index < -0.39 is 6.04 Å². The minimum Gasteiger partial charge on any atom is -0.493 e. The summed E-state index contributed by atoms with van der Waals surface area (Å²) in [6, 6.07) is 12.6. The van der Waals surface area contributed by atoms with Crippen LogP contribution < -0.4 is 14.8 Å². The van der Waals surface area contributed by atoms with Gasteiger partial charge in [-0.25, -0.2) is 4.98 Å². The van der Waals surface area contributed by atoms with E-state index in [2.05, 4.69) is 10.3 Å². The van der Waals surface area contributed by atoms with Crippen LogP contribution in [0.2, 0.25) is 0 Å². The maximum Gasteiger partial charge on any atom is 0.255 e. The highest BCUT2D eigenvalue weighted by molar-refractivity contribution is 7.13. The molecule has 1 aliphatic heterocycles. The lowest BCUT2D eigenvalue weighted by Crippen LogP contribution is -2.32. The van der Waals surface area contributed by atoms with Crippen LogP contribution in [0.1, 0.15) is 40.9 Å². The number of carbonyl (C=O) groups is 2. The Bertz CT molecular complexity index is 1080. The van der Waals surface area contributed by atoms with Gasteiger partial charge < -0.3 is 19.7 Å². The van der Waals surface area contributed by atoms with E-state index in [1.54, 1.807) is 23.6 Å². The van der Waals surface area contributed by atoms with E-state index in [4.69, 9.17) is 9.47 Å². The summed E-state index contributed by atoms with van der Waals surface area (Å²) in [5.41, 5.74) is 2.43. The number of hydrogen-bond acceptors (Lipinski definition) is 6. The molecule has 0 spiro atoms. The zero-order valence-electron chi connectivity index (χ0n) is 17.3. The number of ether oxygens (including phenoxy) is 2. The van der Waals surface area contributed by atoms with Gasteiger partial charge in [0, 0.05) is 23.7 Å². The maximum absolute atomic E-state index is 13.2. The molecule has 1 aromatic heterocycles. The first kappa shape index (κ1) is 20.9. The Morgan fingerprint density at radius 3 is 2.81 bits per heavy atom. The summed E-state index contributed by atoms with van der Waals surface area (Å²) < 4.78 is 11.1. The number of thiazole rings is 1. The van der Waals surface area contributed by atoms with Crippen molar-refractivity contribution in [2.45, 2.75) is 25.9 Å². The van der Waals surface area contributed by atoms with Crippen LogP contribution in [0.3, 0.4) is 0 Å². The molecule has 4 rings (SSSR count). The average Bonchev–Trinajstić information content (AvgIpc) is 3.40. The van der Waals surface area contributed by atoms with Crippen LogP contribution in [0.5, 0.6) is 11.5 Å². The average molecular weight is 438 g/mol. The number of amides is 2. The second kappa shape index (κ2) is 9.18. The molecule has 160 valence electrons. The molecule has 7 nitrogen and oxygen atoms in total. The van der Waals surface area contributed by atoms with Crippen molar-refractivity contribution < 1.29 is 19.1 Å². The lowest BCUT2D eigenvalue weighted by atomic mass is 10.0. The summed E-state index contributed by atoms with van der Waals surface area (Å²) in [6.45, 7) is 2.86. The molecule has 1 aliphatic rings. The highest BCUT2D eigenvalue weighted by Crippen LogP contribution is 2.37. The molecule has 1 atom stereocenters. The van der Waals surface area contributed by atoms with E-state index in [0.29, 0.717) is 35.3 Å². The van der Waals surface area contributed by atoms with Crippen molar-refractivity contribution in [1.29, 1.82) is 0 Å². The van der Waals surface area contributed by atoms with Crippen molar-refractivity contribution in [1.82, 2.24) is 9.88 Å². The van der Waals surface area contributed by atoms with Gasteiger partial charge in [-0.3, -0.25) is 9.59 Å². The fraction of sp³-hybridized carbons (Fsp3) is 0.261. The minimum absolute atomic E-state index is 0.0875. The van der Waals surface area contributed by atoms with Crippen molar-refractivity contribution in [3.63, 3.8) is 0 Å². The SMILES string of the molecule is CCOc1ccc([C@H](CC(=O)Nc2nccs2)N2Cc3ccccc3C2=O)cc1OC. The zero-order valence-corrected chi connectivity index (χ0v) is 18.1. The Hall–Kier alpha value is -3.39. The van der Waals surface area contributed by atoms with Gasteiger partial charge in [0.15, 0.2) is 16.6 Å². The summed E-state index contributed by atoms with van der Waals surface area (Å²) >= 11 is 1.35. The topological polar surface area (TPSA) is 80.8 Å². The van der Waals surface area contributed by atoms with Gasteiger partial charge in [0.05, 0.1) is 26.2 Å². The summed E-state index contributed by atoms with van der Waals surface area (Å²) in [4.78, 5) is 31.8. The summed E-state index contributed by atoms with van der Waals surface area (Å²) in [7, 11) is 1.57. The van der Waals surface area contributed by atoms with Gasteiger partial charge in [-0.05, 0) is 36.2 Å². The Kier molecular flexibility index (Phi) is 6.18. The Labute approximate surface area is 184 Å². The lowest BCUT2D eigenvalue weighted by Gasteiger charge is -2.28. The normalized spacial score (nSPS) is 13.6. The molecular formula is C23H23N3O4S. The third-order valence-corrected chi connectivity index (χ3v) is 5.84. The first-order valence-electron chi connectivity index (χ1n) is 9.99. The van der Waals surface area contributed by atoms with E-state index in [9.17, 15) is 9.59 Å². The van der Waals surface area contributed by atoms with Gasteiger partial charge in [0.2, 0.25) is 5.91 Å². The number of carbonyl (C=O) groups excluding carboxylic acids is 2. The molecule has 0 fully saturated rings. The van der Waals surface area contributed by atoms with Crippen LogP contribution in [0.15, 0.2) is 54.0 Å². The van der Waals surface area contributed by atoms with Crippen molar-refractivity contribution in [2.75, 3.05) is 19.0 Å². The van der Waals surface area contributed by atoms with Gasteiger partial charge in [0.25, 0.3) is 5.91 Å². The minimum atomic E-state index is -0.468. The van der Waals surface area contributed by atoms with Crippen LogP contribution in [0.25, 0.3) is 0 Å². The van der Waals surface area contributed by atoms with Gasteiger partial charge in [0.1, 0.15) is 0 Å². The molecule has 0 radical (unpaired) electrons. The standard InChI is InChI=1S/C23H23N3O4S/c1-3-30-19-9-8-15(12-20(19)29-2)18(13-21(27)25-23-24-10-11-31-23)26-14-16-6-4-5-7-17(16)22(26)28/h4-12,18H,3,13-14H2,1-2H3,(H,24,25,27)/t18-/m0/s1. The predicted octanol–water partition coefficient (Wildman–Crippen LogP) is 4.28. The number of anilines is 1. The lowest BCUT2D eigenvalue weighted by molar-refractivity contribution is -0.117. The molecule has 0 saturated heterocycles. The second-order valence-electron chi connectivity index (χ2n) is 7.04. The molecule has 0 saturated carbocycles. The number of hydrogen-bond donors (Lipinski definition) is 1. The van der Waals surface area contributed by atoms with Crippen LogP contribution in [0.4, 0.5) is 5.13 Å². The molecule has 3 aromatic rings. The fourth-order valence-electron chi connectivity index (χ4n) is 3.73. The van der Waals surface area contributed by atoms with Crippen LogP contribution in [-0.4, -0.2) is 35.4 Å². The molecule has 8 heteroatoms. The number of nitrogens with one attached hydrogen (secondary N) is 1. The highest BCUT2D eigenvalue weighted by atomic mass is 32.1. The predicted molar refractivity (Wildman–Crippen MR) is 119 cm³/mol. The van der Waals surface area contributed by atoms with E-state index >= 15 is 0 Å². The molecule has 0 unspecified atom stereocenters. The number of rotatable bonds is 8. The summed E-state index contributed by atoms with van der Waals surface area (Å²) in [5.74, 6) is 0.886. The van der Waals surface area contributed by atoms with Gasteiger partial charge in [-0.1, -0.05) is 24.3 Å². The molecule has 2 amide bonds. The number of fused-ring (bicyclic) bond motifs is 1. The van der Waals surface area contributed by atoms with Crippen molar-refractivity contribution in [2.24, 2.45) is 0 Å². The van der Waals surface area contributed by atoms with Crippen molar-refractivity contribution >= 4 is 28.3 Å². The van der Waals surface area contributed by atoms with Gasteiger partial charge >= 0.3 is 0 Å². The third-order valence-electron chi connectivity index (χ3n) is 5.16. The third kappa shape index (κ3) is 4.39. The van der Waals surface area contributed by atoms with E-state index in [1.165, 1.54) is 11.3 Å².